The quantitative estimate of drug-likeness (QED) is 0.700. The monoisotopic (exact) mass is 386 g/mol. The molecule has 6 nitrogen and oxygen atoms in total. The summed E-state index contributed by atoms with van der Waals surface area (Å²) in [6, 6.07) is 8.64. The Morgan fingerprint density at radius 3 is 2.29 bits per heavy atom. The van der Waals surface area contributed by atoms with Gasteiger partial charge in [0.15, 0.2) is 0 Å². The van der Waals surface area contributed by atoms with Gasteiger partial charge in [-0.05, 0) is 62.4 Å². The minimum atomic E-state index is -0.695. The first kappa shape index (κ1) is 21.5. The Morgan fingerprint density at radius 2 is 1.75 bits per heavy atom. The van der Waals surface area contributed by atoms with E-state index in [2.05, 4.69) is 10.3 Å². The summed E-state index contributed by atoms with van der Waals surface area (Å²) in [4.78, 5) is 28.2. The highest BCUT2D eigenvalue weighted by Gasteiger charge is 2.28. The van der Waals surface area contributed by atoms with E-state index in [1.165, 1.54) is 0 Å². The maximum atomic E-state index is 12.7. The van der Waals surface area contributed by atoms with Crippen LogP contribution in [0, 0.1) is 5.92 Å². The van der Waals surface area contributed by atoms with Crippen molar-refractivity contribution < 1.29 is 19.1 Å². The number of carbonyl (C=O) groups is 2. The molecule has 1 heterocycles. The molecule has 0 aliphatic heterocycles. The molecule has 0 bridgehead atoms. The van der Waals surface area contributed by atoms with E-state index < -0.39 is 17.6 Å². The third kappa shape index (κ3) is 6.15. The van der Waals surface area contributed by atoms with Gasteiger partial charge in [-0.1, -0.05) is 26.0 Å². The van der Waals surface area contributed by atoms with Crippen LogP contribution in [0.4, 0.5) is 0 Å². The standard InChI is InChI=1S/C22H30N2O4/c1-14(2)11-19(21(26)28-22(3,4)5)24-20(25)18-12-16(13-23-18)15-7-9-17(27-6)10-8-15/h7-10,12-14,19,23H,11H2,1-6H3,(H,24,25)/t19-/m0/s1. The Hall–Kier alpha value is -2.76. The molecule has 0 unspecified atom stereocenters. The van der Waals surface area contributed by atoms with Gasteiger partial charge in [-0.3, -0.25) is 4.79 Å². The van der Waals surface area contributed by atoms with Crippen LogP contribution in [0.2, 0.25) is 0 Å². The second-order valence-corrected chi connectivity index (χ2v) is 8.22. The summed E-state index contributed by atoms with van der Waals surface area (Å²) >= 11 is 0. The molecular weight excluding hydrogens is 356 g/mol. The van der Waals surface area contributed by atoms with Gasteiger partial charge in [-0.15, -0.1) is 0 Å². The fourth-order valence-electron chi connectivity index (χ4n) is 2.77. The second kappa shape index (κ2) is 8.95. The van der Waals surface area contributed by atoms with Crippen molar-refractivity contribution in [1.82, 2.24) is 10.3 Å². The third-order valence-corrected chi connectivity index (χ3v) is 4.05. The molecule has 2 rings (SSSR count). The summed E-state index contributed by atoms with van der Waals surface area (Å²) in [5.41, 5.74) is 1.63. The smallest absolute Gasteiger partial charge is 0.329 e. The molecule has 2 aromatic rings. The van der Waals surface area contributed by atoms with Crippen LogP contribution >= 0.6 is 0 Å². The van der Waals surface area contributed by atoms with Crippen LogP contribution in [0.25, 0.3) is 11.1 Å². The van der Waals surface area contributed by atoms with Crippen LogP contribution in [0.5, 0.6) is 5.75 Å². The average Bonchev–Trinajstić information content (AvgIpc) is 3.09. The Kier molecular flexibility index (Phi) is 6.89. The van der Waals surface area contributed by atoms with Crippen molar-refractivity contribution in [3.63, 3.8) is 0 Å². The molecule has 0 saturated carbocycles. The van der Waals surface area contributed by atoms with Gasteiger partial charge >= 0.3 is 5.97 Å². The van der Waals surface area contributed by atoms with E-state index in [1.807, 2.05) is 58.9 Å². The SMILES string of the molecule is COc1ccc(-c2c[nH]c(C(=O)N[C@@H](CC(C)C)C(=O)OC(C)(C)C)c2)cc1. The van der Waals surface area contributed by atoms with Gasteiger partial charge in [-0.25, -0.2) is 4.79 Å². The van der Waals surface area contributed by atoms with E-state index >= 15 is 0 Å². The number of rotatable bonds is 7. The average molecular weight is 386 g/mol. The zero-order chi connectivity index (χ0) is 20.9. The molecule has 152 valence electrons. The lowest BCUT2D eigenvalue weighted by Gasteiger charge is -2.25. The van der Waals surface area contributed by atoms with Crippen LogP contribution in [-0.2, 0) is 9.53 Å². The molecule has 1 aromatic carbocycles. The maximum absolute atomic E-state index is 12.7. The molecule has 1 atom stereocenters. The summed E-state index contributed by atoms with van der Waals surface area (Å²) in [5, 5.41) is 2.81. The number of aromatic nitrogens is 1. The fraction of sp³-hybridized carbons (Fsp3) is 0.455. The number of hydrogen-bond donors (Lipinski definition) is 2. The number of nitrogens with one attached hydrogen (secondary N) is 2. The Balaban J connectivity index is 2.12. The third-order valence-electron chi connectivity index (χ3n) is 4.05. The lowest BCUT2D eigenvalue weighted by Crippen LogP contribution is -2.45. The number of H-pyrrole nitrogens is 1. The van der Waals surface area contributed by atoms with E-state index in [9.17, 15) is 9.59 Å². The number of ether oxygens (including phenoxy) is 2. The molecule has 0 saturated heterocycles. The maximum Gasteiger partial charge on any atom is 0.329 e. The molecule has 0 aliphatic rings. The summed E-state index contributed by atoms with van der Waals surface area (Å²) in [6.07, 6.45) is 2.27. The van der Waals surface area contributed by atoms with E-state index in [0.29, 0.717) is 12.1 Å². The Labute approximate surface area is 166 Å². The minimum Gasteiger partial charge on any atom is -0.497 e. The van der Waals surface area contributed by atoms with Crippen molar-refractivity contribution in [2.75, 3.05) is 7.11 Å². The molecule has 0 aliphatic carbocycles. The highest BCUT2D eigenvalue weighted by molar-refractivity contribution is 5.96. The van der Waals surface area contributed by atoms with Crippen LogP contribution in [0.3, 0.4) is 0 Å². The number of benzene rings is 1. The van der Waals surface area contributed by atoms with Crippen LogP contribution < -0.4 is 10.1 Å². The molecular formula is C22H30N2O4. The highest BCUT2D eigenvalue weighted by Crippen LogP contribution is 2.23. The van der Waals surface area contributed by atoms with Crippen LogP contribution in [-0.4, -0.2) is 35.6 Å². The van der Waals surface area contributed by atoms with E-state index in [1.54, 1.807) is 19.4 Å². The van der Waals surface area contributed by atoms with Crippen molar-refractivity contribution >= 4 is 11.9 Å². The first-order valence-corrected chi connectivity index (χ1v) is 9.45. The van der Waals surface area contributed by atoms with Crippen molar-refractivity contribution in [2.45, 2.75) is 52.7 Å². The molecule has 6 heteroatoms. The minimum absolute atomic E-state index is 0.233. The summed E-state index contributed by atoms with van der Waals surface area (Å²) in [7, 11) is 1.62. The van der Waals surface area contributed by atoms with Crippen LogP contribution in [0.15, 0.2) is 36.5 Å². The van der Waals surface area contributed by atoms with Gasteiger partial charge in [0.1, 0.15) is 23.1 Å². The Morgan fingerprint density at radius 1 is 1.11 bits per heavy atom. The van der Waals surface area contributed by atoms with Crippen molar-refractivity contribution in [3.8, 4) is 16.9 Å². The normalized spacial score (nSPS) is 12.5. The summed E-state index contributed by atoms with van der Waals surface area (Å²) < 4.78 is 10.6. The lowest BCUT2D eigenvalue weighted by atomic mass is 10.0. The number of esters is 1. The van der Waals surface area contributed by atoms with Crippen molar-refractivity contribution in [3.05, 3.63) is 42.2 Å². The van der Waals surface area contributed by atoms with Gasteiger partial charge in [0.05, 0.1) is 7.11 Å². The van der Waals surface area contributed by atoms with Gasteiger partial charge in [0.25, 0.3) is 5.91 Å². The molecule has 28 heavy (non-hydrogen) atoms. The van der Waals surface area contributed by atoms with E-state index in [4.69, 9.17) is 9.47 Å². The molecule has 0 spiro atoms. The first-order valence-electron chi connectivity index (χ1n) is 9.45. The van der Waals surface area contributed by atoms with Gasteiger partial charge < -0.3 is 19.8 Å². The molecule has 0 fully saturated rings. The highest BCUT2D eigenvalue weighted by atomic mass is 16.6. The summed E-state index contributed by atoms with van der Waals surface area (Å²) in [6.45, 7) is 9.43. The number of methoxy groups -OCH3 is 1. The zero-order valence-electron chi connectivity index (χ0n) is 17.5. The lowest BCUT2D eigenvalue weighted by molar-refractivity contribution is -0.157. The van der Waals surface area contributed by atoms with Gasteiger partial charge in [0, 0.05) is 6.20 Å². The second-order valence-electron chi connectivity index (χ2n) is 8.22. The van der Waals surface area contributed by atoms with Crippen molar-refractivity contribution in [2.24, 2.45) is 5.92 Å². The topological polar surface area (TPSA) is 80.4 Å². The summed E-state index contributed by atoms with van der Waals surface area (Å²) in [5.74, 6) is 0.246. The number of carbonyl (C=O) groups excluding carboxylic acids is 2. The predicted molar refractivity (Wildman–Crippen MR) is 109 cm³/mol. The molecule has 2 N–H and O–H groups in total. The molecule has 0 radical (unpaired) electrons. The van der Waals surface area contributed by atoms with Gasteiger partial charge in [0.2, 0.25) is 0 Å². The zero-order valence-corrected chi connectivity index (χ0v) is 17.5. The first-order chi connectivity index (χ1) is 13.1. The number of amides is 1. The molecule has 1 amide bonds. The van der Waals surface area contributed by atoms with Crippen molar-refractivity contribution in [1.29, 1.82) is 0 Å². The number of aromatic amines is 1. The van der Waals surface area contributed by atoms with E-state index in [-0.39, 0.29) is 11.8 Å². The van der Waals surface area contributed by atoms with Crippen LogP contribution in [0.1, 0.15) is 51.5 Å². The van der Waals surface area contributed by atoms with E-state index in [0.717, 1.165) is 16.9 Å². The predicted octanol–water partition coefficient (Wildman–Crippen LogP) is 4.18. The molecule has 1 aromatic heterocycles. The fourth-order valence-corrected chi connectivity index (χ4v) is 2.77. The largest absolute Gasteiger partial charge is 0.497 e. The number of hydrogen-bond acceptors (Lipinski definition) is 4. The Bertz CT molecular complexity index is 801. The van der Waals surface area contributed by atoms with Gasteiger partial charge in [-0.2, -0.15) is 0 Å².